The highest BCUT2D eigenvalue weighted by molar-refractivity contribution is 9.10. The van der Waals surface area contributed by atoms with Crippen molar-refractivity contribution in [2.45, 2.75) is 23.6 Å². The zero-order chi connectivity index (χ0) is 19.8. The van der Waals surface area contributed by atoms with E-state index in [1.54, 1.807) is 30.3 Å². The summed E-state index contributed by atoms with van der Waals surface area (Å²) in [5.41, 5.74) is 1.94. The smallest absolute Gasteiger partial charge is 0.207 e. The molecular weight excluding hydrogens is 452 g/mol. The Balaban J connectivity index is 1.76. The van der Waals surface area contributed by atoms with Gasteiger partial charge in [-0.25, -0.2) is 16.8 Å². The zero-order valence-electron chi connectivity index (χ0n) is 15.1. The number of hydrogen-bond donors (Lipinski definition) is 0. The van der Waals surface area contributed by atoms with Crippen LogP contribution in [-0.2, 0) is 20.0 Å². The summed E-state index contributed by atoms with van der Waals surface area (Å²) in [5, 5.41) is 0. The third kappa shape index (κ3) is 4.12. The molecule has 2 aromatic carbocycles. The monoisotopic (exact) mass is 472 g/mol. The Morgan fingerprint density at radius 2 is 1.15 bits per heavy atom. The fourth-order valence-corrected chi connectivity index (χ4v) is 6.12. The van der Waals surface area contributed by atoms with E-state index in [-0.39, 0.29) is 36.0 Å². The quantitative estimate of drug-likeness (QED) is 0.685. The van der Waals surface area contributed by atoms with Gasteiger partial charge in [-0.1, -0.05) is 22.0 Å². The summed E-state index contributed by atoms with van der Waals surface area (Å²) in [6.07, 6.45) is 0. The average molecular weight is 473 g/mol. The Labute approximate surface area is 169 Å². The largest absolute Gasteiger partial charge is 0.243 e. The van der Waals surface area contributed by atoms with Gasteiger partial charge in [-0.2, -0.15) is 8.61 Å². The van der Waals surface area contributed by atoms with Crippen molar-refractivity contribution in [1.82, 2.24) is 8.61 Å². The molecule has 0 aliphatic carbocycles. The maximum atomic E-state index is 12.9. The molecule has 1 aliphatic rings. The van der Waals surface area contributed by atoms with E-state index in [1.165, 1.54) is 20.7 Å². The third-order valence-corrected chi connectivity index (χ3v) is 9.10. The fourth-order valence-electron chi connectivity index (χ4n) is 2.93. The van der Waals surface area contributed by atoms with Crippen LogP contribution < -0.4 is 0 Å². The molecule has 1 saturated heterocycles. The Morgan fingerprint density at radius 1 is 0.704 bits per heavy atom. The van der Waals surface area contributed by atoms with Crippen LogP contribution in [0.1, 0.15) is 11.1 Å². The maximum absolute atomic E-state index is 12.9. The van der Waals surface area contributed by atoms with Crippen LogP contribution in [0.15, 0.2) is 56.7 Å². The predicted octanol–water partition coefficient (Wildman–Crippen LogP) is 2.76. The maximum Gasteiger partial charge on any atom is 0.243 e. The molecular formula is C18H21BrN2O4S2. The van der Waals surface area contributed by atoms with E-state index in [9.17, 15) is 16.8 Å². The second-order valence-corrected chi connectivity index (χ2v) is 11.3. The summed E-state index contributed by atoms with van der Waals surface area (Å²) in [6, 6.07) is 11.5. The first-order chi connectivity index (χ1) is 12.6. The van der Waals surface area contributed by atoms with E-state index in [1.807, 2.05) is 13.8 Å². The van der Waals surface area contributed by atoms with Gasteiger partial charge < -0.3 is 0 Å². The van der Waals surface area contributed by atoms with Crippen molar-refractivity contribution in [2.75, 3.05) is 26.2 Å². The standard InChI is InChI=1S/C18H21BrN2O4S2/c1-14-3-6-18(13-15(14)2)27(24,25)21-11-9-20(10-12-21)26(22,23)17-7-4-16(19)5-8-17/h3-8,13H,9-12H2,1-2H3. The first kappa shape index (κ1) is 20.5. The van der Waals surface area contributed by atoms with E-state index >= 15 is 0 Å². The summed E-state index contributed by atoms with van der Waals surface area (Å²) in [7, 11) is -7.27. The Bertz CT molecular complexity index is 1040. The summed E-state index contributed by atoms with van der Waals surface area (Å²) in [4.78, 5) is 0.450. The average Bonchev–Trinajstić information content (AvgIpc) is 2.64. The van der Waals surface area contributed by atoms with Gasteiger partial charge in [0.15, 0.2) is 0 Å². The molecule has 2 aromatic rings. The first-order valence-electron chi connectivity index (χ1n) is 8.45. The van der Waals surface area contributed by atoms with Gasteiger partial charge in [-0.05, 0) is 61.4 Å². The highest BCUT2D eigenvalue weighted by Crippen LogP contribution is 2.24. The van der Waals surface area contributed by atoms with Gasteiger partial charge in [-0.15, -0.1) is 0 Å². The van der Waals surface area contributed by atoms with Gasteiger partial charge in [-0.3, -0.25) is 0 Å². The lowest BCUT2D eigenvalue weighted by Gasteiger charge is -2.33. The molecule has 0 bridgehead atoms. The van der Waals surface area contributed by atoms with Gasteiger partial charge in [0, 0.05) is 30.7 Å². The number of halogens is 1. The highest BCUT2D eigenvalue weighted by atomic mass is 79.9. The van der Waals surface area contributed by atoms with E-state index < -0.39 is 20.0 Å². The lowest BCUT2D eigenvalue weighted by atomic mass is 10.1. The van der Waals surface area contributed by atoms with Crippen molar-refractivity contribution in [3.8, 4) is 0 Å². The van der Waals surface area contributed by atoms with E-state index in [2.05, 4.69) is 15.9 Å². The SMILES string of the molecule is Cc1ccc(S(=O)(=O)N2CCN(S(=O)(=O)c3ccc(Br)cc3)CC2)cc1C. The molecule has 1 heterocycles. The molecule has 0 saturated carbocycles. The van der Waals surface area contributed by atoms with Gasteiger partial charge in [0.2, 0.25) is 20.0 Å². The fraction of sp³-hybridized carbons (Fsp3) is 0.333. The number of hydrogen-bond acceptors (Lipinski definition) is 4. The minimum Gasteiger partial charge on any atom is -0.207 e. The van der Waals surface area contributed by atoms with Crippen LogP contribution in [0.5, 0.6) is 0 Å². The molecule has 9 heteroatoms. The van der Waals surface area contributed by atoms with Gasteiger partial charge in [0.25, 0.3) is 0 Å². The van der Waals surface area contributed by atoms with Crippen molar-refractivity contribution in [3.63, 3.8) is 0 Å². The summed E-state index contributed by atoms with van der Waals surface area (Å²) >= 11 is 3.29. The van der Waals surface area contributed by atoms with Crippen molar-refractivity contribution < 1.29 is 16.8 Å². The molecule has 1 aliphatic heterocycles. The minimum atomic E-state index is -3.63. The van der Waals surface area contributed by atoms with Crippen LogP contribution in [0.4, 0.5) is 0 Å². The number of sulfonamides is 2. The van der Waals surface area contributed by atoms with Crippen LogP contribution in [0, 0.1) is 13.8 Å². The van der Waals surface area contributed by atoms with Crippen LogP contribution in [0.3, 0.4) is 0 Å². The molecule has 6 nitrogen and oxygen atoms in total. The normalized spacial score (nSPS) is 17.1. The Hall–Kier alpha value is -1.26. The lowest BCUT2D eigenvalue weighted by molar-refractivity contribution is 0.273. The molecule has 27 heavy (non-hydrogen) atoms. The highest BCUT2D eigenvalue weighted by Gasteiger charge is 2.33. The second-order valence-electron chi connectivity index (χ2n) is 6.51. The van der Waals surface area contributed by atoms with Crippen LogP contribution >= 0.6 is 15.9 Å². The second kappa shape index (κ2) is 7.63. The Kier molecular flexibility index (Phi) is 5.79. The molecule has 0 unspecified atom stereocenters. The number of aryl methyl sites for hydroxylation is 2. The van der Waals surface area contributed by atoms with Crippen molar-refractivity contribution in [2.24, 2.45) is 0 Å². The molecule has 0 aromatic heterocycles. The van der Waals surface area contributed by atoms with Crippen molar-refractivity contribution in [1.29, 1.82) is 0 Å². The number of piperazine rings is 1. The van der Waals surface area contributed by atoms with E-state index in [0.717, 1.165) is 15.6 Å². The van der Waals surface area contributed by atoms with E-state index in [0.29, 0.717) is 0 Å². The predicted molar refractivity (Wildman–Crippen MR) is 108 cm³/mol. The number of benzene rings is 2. The van der Waals surface area contributed by atoms with Crippen LogP contribution in [-0.4, -0.2) is 51.6 Å². The molecule has 0 spiro atoms. The topological polar surface area (TPSA) is 74.8 Å². The van der Waals surface area contributed by atoms with Crippen molar-refractivity contribution in [3.05, 3.63) is 58.1 Å². The summed E-state index contributed by atoms with van der Waals surface area (Å²) in [6.45, 7) is 4.32. The van der Waals surface area contributed by atoms with Gasteiger partial charge in [0.1, 0.15) is 0 Å². The van der Waals surface area contributed by atoms with Gasteiger partial charge >= 0.3 is 0 Å². The lowest BCUT2D eigenvalue weighted by Crippen LogP contribution is -2.50. The molecule has 0 radical (unpaired) electrons. The molecule has 0 atom stereocenters. The third-order valence-electron chi connectivity index (χ3n) is 4.77. The molecule has 146 valence electrons. The number of nitrogens with zero attached hydrogens (tertiary/aromatic N) is 2. The molecule has 0 amide bonds. The van der Waals surface area contributed by atoms with Crippen molar-refractivity contribution >= 4 is 36.0 Å². The minimum absolute atomic E-state index is 0.127. The van der Waals surface area contributed by atoms with Gasteiger partial charge in [0.05, 0.1) is 9.79 Å². The first-order valence-corrected chi connectivity index (χ1v) is 12.1. The summed E-state index contributed by atoms with van der Waals surface area (Å²) in [5.74, 6) is 0. The molecule has 1 fully saturated rings. The van der Waals surface area contributed by atoms with E-state index in [4.69, 9.17) is 0 Å². The molecule has 3 rings (SSSR count). The van der Waals surface area contributed by atoms with Crippen LogP contribution in [0.25, 0.3) is 0 Å². The Morgan fingerprint density at radius 3 is 1.63 bits per heavy atom. The van der Waals surface area contributed by atoms with Crippen LogP contribution in [0.2, 0.25) is 0 Å². The number of rotatable bonds is 4. The summed E-state index contributed by atoms with van der Waals surface area (Å²) < 4.78 is 54.7. The zero-order valence-corrected chi connectivity index (χ0v) is 18.3. The molecule has 0 N–H and O–H groups in total.